The van der Waals surface area contributed by atoms with Crippen LogP contribution in [0.4, 0.5) is 0 Å². The van der Waals surface area contributed by atoms with Crippen LogP contribution in [0.2, 0.25) is 0 Å². The van der Waals surface area contributed by atoms with Gasteiger partial charge in [-0.3, -0.25) is 0 Å². The molecule has 0 spiro atoms. The van der Waals surface area contributed by atoms with Crippen LogP contribution in [-0.2, 0) is 18.6 Å². The van der Waals surface area contributed by atoms with E-state index in [-0.39, 0.29) is 23.1 Å². The molecule has 11 heteroatoms. The van der Waals surface area contributed by atoms with Crippen molar-refractivity contribution < 1.29 is 43.7 Å². The Morgan fingerprint density at radius 1 is 1.47 bits per heavy atom. The van der Waals surface area contributed by atoms with E-state index < -0.39 is 44.1 Å². The van der Waals surface area contributed by atoms with Crippen molar-refractivity contribution in [2.24, 2.45) is 0 Å². The van der Waals surface area contributed by atoms with E-state index in [1.54, 1.807) is 0 Å². The van der Waals surface area contributed by atoms with Crippen molar-refractivity contribution in [2.45, 2.75) is 12.2 Å². The Balaban J connectivity index is 0.00000256. The third kappa shape index (κ3) is 4.10. The number of carbonyl (C=O) groups excluding carboxylic acids is 1. The number of aliphatic hydroxyl groups excluding tert-OH is 3. The van der Waals surface area contributed by atoms with Crippen molar-refractivity contribution in [3.8, 4) is 0 Å². The first-order chi connectivity index (χ1) is 7.26. The number of cyclic esters (lactones) is 1. The summed E-state index contributed by atoms with van der Waals surface area (Å²) in [5.74, 6) is -3.44. The Morgan fingerprint density at radius 2 is 2.00 bits per heavy atom. The van der Waals surface area contributed by atoms with Crippen LogP contribution in [0.5, 0.6) is 0 Å². The fourth-order valence-corrected chi connectivity index (χ4v) is 1.58. The van der Waals surface area contributed by atoms with Gasteiger partial charge in [0, 0.05) is 0 Å². The fraction of sp³-hybridized carbons (Fsp3) is 0.500. The number of rotatable bonds is 4. The van der Waals surface area contributed by atoms with Crippen molar-refractivity contribution in [2.75, 3.05) is 6.61 Å². The summed E-state index contributed by atoms with van der Waals surface area (Å²) in [6.07, 6.45) is -3.52. The molecule has 2 atom stereocenters. The normalized spacial score (nSPS) is 22.1. The Bertz CT molecular complexity index is 374. The van der Waals surface area contributed by atoms with E-state index in [1.807, 2.05) is 0 Å². The van der Waals surface area contributed by atoms with Crippen molar-refractivity contribution in [1.29, 1.82) is 0 Å². The van der Waals surface area contributed by atoms with Crippen LogP contribution in [-0.4, -0.2) is 63.2 Å². The first-order valence-corrected chi connectivity index (χ1v) is 5.36. The molecule has 9 nitrogen and oxygen atoms in total. The second kappa shape index (κ2) is 6.00. The van der Waals surface area contributed by atoms with Gasteiger partial charge in [0.05, 0.1) is 14.4 Å². The number of phosphoric ester groups is 1. The SMILES string of the molecule is O=C1O[C@H]([C@H](CO)OP(=O)([O-])[O-])C(O)=C1O.[Mg+2]. The van der Waals surface area contributed by atoms with Crippen molar-refractivity contribution in [3.05, 3.63) is 11.5 Å². The molecule has 17 heavy (non-hydrogen) atoms. The summed E-state index contributed by atoms with van der Waals surface area (Å²) in [7, 11) is -5.42. The monoisotopic (exact) mass is 278 g/mol. The van der Waals surface area contributed by atoms with Gasteiger partial charge in [0.15, 0.2) is 11.9 Å². The molecule has 0 aromatic carbocycles. The van der Waals surface area contributed by atoms with E-state index in [2.05, 4.69) is 9.26 Å². The number of hydrogen-bond donors (Lipinski definition) is 3. The number of esters is 1. The molecule has 0 bridgehead atoms. The number of ether oxygens (including phenoxy) is 1. The van der Waals surface area contributed by atoms with Crippen LogP contribution in [0, 0.1) is 0 Å². The van der Waals surface area contributed by atoms with Crippen molar-refractivity contribution >= 4 is 36.8 Å². The molecule has 0 aromatic rings. The summed E-state index contributed by atoms with van der Waals surface area (Å²) >= 11 is 0. The minimum absolute atomic E-state index is 0. The predicted octanol–water partition coefficient (Wildman–Crippen LogP) is -2.94. The number of hydrogen-bond acceptors (Lipinski definition) is 9. The number of aliphatic hydroxyl groups is 3. The first kappa shape index (κ1) is 16.6. The molecule has 1 aliphatic rings. The summed E-state index contributed by atoms with van der Waals surface area (Å²) in [4.78, 5) is 31.3. The van der Waals surface area contributed by atoms with Gasteiger partial charge in [-0.15, -0.1) is 0 Å². The van der Waals surface area contributed by atoms with Crippen LogP contribution < -0.4 is 9.79 Å². The summed E-state index contributed by atoms with van der Waals surface area (Å²) in [6.45, 7) is -1.01. The van der Waals surface area contributed by atoms with E-state index in [9.17, 15) is 19.1 Å². The van der Waals surface area contributed by atoms with E-state index in [1.165, 1.54) is 0 Å². The molecule has 0 aromatic heterocycles. The van der Waals surface area contributed by atoms with Crippen molar-refractivity contribution in [3.63, 3.8) is 0 Å². The standard InChI is InChI=1S/C6H9O9P.Mg/c7-1-2(15-16(11,12)13)5-3(8)4(9)6(10)14-5;/h2,5,7-9H,1H2,(H2,11,12,13);/q;+2/p-2/t2-,5+;/m0./s1. The maximum absolute atomic E-state index is 10.7. The average Bonchev–Trinajstić information content (AvgIpc) is 2.41. The largest absolute Gasteiger partial charge is 2.00 e. The molecule has 92 valence electrons. The molecule has 1 rings (SSSR count). The van der Waals surface area contributed by atoms with E-state index in [0.717, 1.165) is 0 Å². The van der Waals surface area contributed by atoms with Crippen LogP contribution in [0.15, 0.2) is 11.5 Å². The summed E-state index contributed by atoms with van der Waals surface area (Å²) < 4.78 is 18.4. The second-order valence-electron chi connectivity index (χ2n) is 2.83. The third-order valence-electron chi connectivity index (χ3n) is 1.72. The molecule has 0 saturated heterocycles. The zero-order chi connectivity index (χ0) is 12.5. The summed E-state index contributed by atoms with van der Waals surface area (Å²) in [5, 5.41) is 26.7. The maximum atomic E-state index is 10.7. The second-order valence-corrected chi connectivity index (χ2v) is 3.94. The molecule has 1 aliphatic heterocycles. The van der Waals surface area contributed by atoms with E-state index in [4.69, 9.17) is 15.3 Å². The van der Waals surface area contributed by atoms with Gasteiger partial charge >= 0.3 is 29.0 Å². The smallest absolute Gasteiger partial charge is 0.790 e. The van der Waals surface area contributed by atoms with Gasteiger partial charge in [0.25, 0.3) is 0 Å². The zero-order valence-electron chi connectivity index (χ0n) is 8.31. The number of phosphoric acid groups is 1. The Hall–Kier alpha value is -0.354. The first-order valence-electron chi connectivity index (χ1n) is 3.90. The molecule has 0 aliphatic carbocycles. The Morgan fingerprint density at radius 3 is 2.29 bits per heavy atom. The van der Waals surface area contributed by atoms with E-state index >= 15 is 0 Å². The molecular formula is C6H7MgO9P. The van der Waals surface area contributed by atoms with E-state index in [0.29, 0.717) is 0 Å². The molecule has 0 amide bonds. The quantitative estimate of drug-likeness (QED) is 0.278. The molecule has 0 fully saturated rings. The van der Waals surface area contributed by atoms with Gasteiger partial charge in [-0.2, -0.15) is 0 Å². The van der Waals surface area contributed by atoms with Gasteiger partial charge in [-0.05, 0) is 0 Å². The van der Waals surface area contributed by atoms with Crippen LogP contribution in [0.3, 0.4) is 0 Å². The fourth-order valence-electron chi connectivity index (χ4n) is 1.07. The molecule has 0 unspecified atom stereocenters. The molecule has 0 saturated carbocycles. The topological polar surface area (TPSA) is 159 Å². The Labute approximate surface area is 111 Å². The summed E-state index contributed by atoms with van der Waals surface area (Å²) in [6, 6.07) is 0. The third-order valence-corrected chi connectivity index (χ3v) is 2.25. The van der Waals surface area contributed by atoms with Crippen LogP contribution in [0.25, 0.3) is 0 Å². The average molecular weight is 278 g/mol. The maximum Gasteiger partial charge on any atom is 2.00 e. The Kier molecular flexibility index (Phi) is 5.88. The molecule has 0 radical (unpaired) electrons. The van der Waals surface area contributed by atoms with Gasteiger partial charge < -0.3 is 38.9 Å². The van der Waals surface area contributed by atoms with Gasteiger partial charge in [-0.1, -0.05) is 0 Å². The van der Waals surface area contributed by atoms with Gasteiger partial charge in [0.2, 0.25) is 5.76 Å². The van der Waals surface area contributed by atoms with Crippen molar-refractivity contribution in [1.82, 2.24) is 0 Å². The predicted molar refractivity (Wildman–Crippen MR) is 47.5 cm³/mol. The molecule has 1 heterocycles. The minimum atomic E-state index is -5.42. The van der Waals surface area contributed by atoms with Crippen LogP contribution in [0.1, 0.15) is 0 Å². The summed E-state index contributed by atoms with van der Waals surface area (Å²) in [5.41, 5.74) is 0. The number of carbonyl (C=O) groups is 1. The molecule has 3 N–H and O–H groups in total. The van der Waals surface area contributed by atoms with Gasteiger partial charge in [0.1, 0.15) is 6.10 Å². The molecular weight excluding hydrogens is 271 g/mol. The zero-order valence-corrected chi connectivity index (χ0v) is 10.6. The van der Waals surface area contributed by atoms with Gasteiger partial charge in [-0.25, -0.2) is 4.79 Å². The van der Waals surface area contributed by atoms with Crippen LogP contribution >= 0.6 is 7.82 Å². The minimum Gasteiger partial charge on any atom is -0.790 e.